The number of carbonyl (C=O) groups excluding carboxylic acids is 1. The number of hydrogen-bond acceptors (Lipinski definition) is 4. The average molecular weight is 372 g/mol. The number of rotatable bonds is 3. The minimum Gasteiger partial charge on any atom is -0.341 e. The second-order valence-electron chi connectivity index (χ2n) is 7.52. The number of hydrogen-bond donors (Lipinski definition) is 0. The number of nitrogens with zero attached hydrogens (tertiary/aromatic N) is 4. The van der Waals surface area contributed by atoms with Crippen LogP contribution >= 0.6 is 11.3 Å². The van der Waals surface area contributed by atoms with Crippen molar-refractivity contribution in [3.8, 4) is 0 Å². The Morgan fingerprint density at radius 3 is 2.73 bits per heavy atom. The molecule has 3 aromatic rings. The first-order chi connectivity index (χ1) is 12.5. The van der Waals surface area contributed by atoms with Gasteiger partial charge in [0.25, 0.3) is 5.56 Å². The van der Waals surface area contributed by atoms with Crippen LogP contribution in [0, 0.1) is 11.8 Å². The summed E-state index contributed by atoms with van der Waals surface area (Å²) in [4.78, 5) is 28.6. The molecule has 1 fully saturated rings. The quantitative estimate of drug-likeness (QED) is 0.710. The zero-order chi connectivity index (χ0) is 18.4. The molecular weight excluding hydrogens is 348 g/mol. The van der Waals surface area contributed by atoms with E-state index in [0.29, 0.717) is 23.8 Å². The molecule has 1 saturated heterocycles. The lowest BCUT2D eigenvalue weighted by molar-refractivity contribution is -0.134. The maximum Gasteiger partial charge on any atom is 0.291 e. The van der Waals surface area contributed by atoms with Gasteiger partial charge in [-0.3, -0.25) is 14.0 Å². The van der Waals surface area contributed by atoms with Crippen molar-refractivity contribution in [3.63, 3.8) is 0 Å². The lowest BCUT2D eigenvalue weighted by atomic mass is 9.92. The largest absolute Gasteiger partial charge is 0.341 e. The predicted octanol–water partition coefficient (Wildman–Crippen LogP) is 2.78. The van der Waals surface area contributed by atoms with E-state index in [9.17, 15) is 9.59 Å². The van der Waals surface area contributed by atoms with E-state index in [-0.39, 0.29) is 18.0 Å². The van der Waals surface area contributed by atoms with Gasteiger partial charge in [-0.05, 0) is 35.8 Å². The van der Waals surface area contributed by atoms with Gasteiger partial charge in [0, 0.05) is 24.9 Å². The second kappa shape index (κ2) is 6.54. The van der Waals surface area contributed by atoms with Crippen LogP contribution in [0.3, 0.4) is 0 Å². The SMILES string of the molecule is CCc1nn(CC(=O)N2C[C@H](C)C[C@H](C)C2)c(=O)c2cc3ccsc3n12. The Morgan fingerprint density at radius 1 is 1.31 bits per heavy atom. The van der Waals surface area contributed by atoms with Crippen LogP contribution in [0.1, 0.15) is 33.0 Å². The average Bonchev–Trinajstić information content (AvgIpc) is 3.18. The van der Waals surface area contributed by atoms with E-state index < -0.39 is 0 Å². The summed E-state index contributed by atoms with van der Waals surface area (Å²) >= 11 is 1.60. The number of fused-ring (bicyclic) bond motifs is 3. The molecule has 4 rings (SSSR count). The molecule has 6 nitrogen and oxygen atoms in total. The highest BCUT2D eigenvalue weighted by Crippen LogP contribution is 2.25. The highest BCUT2D eigenvalue weighted by molar-refractivity contribution is 7.16. The molecular formula is C19H24N4O2S. The van der Waals surface area contributed by atoms with Crippen molar-refractivity contribution in [2.75, 3.05) is 13.1 Å². The van der Waals surface area contributed by atoms with E-state index in [1.54, 1.807) is 11.3 Å². The third-order valence-corrected chi connectivity index (χ3v) is 6.09. The molecule has 0 spiro atoms. The Kier molecular flexibility index (Phi) is 4.34. The van der Waals surface area contributed by atoms with Crippen molar-refractivity contribution in [2.45, 2.75) is 40.2 Å². The molecule has 1 amide bonds. The topological polar surface area (TPSA) is 59.6 Å². The molecule has 1 aliphatic heterocycles. The maximum absolute atomic E-state index is 12.9. The zero-order valence-electron chi connectivity index (χ0n) is 15.4. The van der Waals surface area contributed by atoms with Gasteiger partial charge in [0.2, 0.25) is 5.91 Å². The van der Waals surface area contributed by atoms with E-state index in [1.807, 2.05) is 33.7 Å². The van der Waals surface area contributed by atoms with Crippen LogP contribution in [-0.2, 0) is 17.8 Å². The van der Waals surface area contributed by atoms with Crippen molar-refractivity contribution in [2.24, 2.45) is 11.8 Å². The molecule has 0 radical (unpaired) electrons. The van der Waals surface area contributed by atoms with E-state index in [2.05, 4.69) is 18.9 Å². The molecule has 138 valence electrons. The van der Waals surface area contributed by atoms with Crippen LogP contribution in [0.5, 0.6) is 0 Å². The number of aromatic nitrogens is 3. The first-order valence-corrected chi connectivity index (χ1v) is 10.1. The van der Waals surface area contributed by atoms with Gasteiger partial charge in [0.1, 0.15) is 22.7 Å². The van der Waals surface area contributed by atoms with Gasteiger partial charge in [-0.25, -0.2) is 4.68 Å². The lowest BCUT2D eigenvalue weighted by Gasteiger charge is -2.35. The smallest absolute Gasteiger partial charge is 0.291 e. The monoisotopic (exact) mass is 372 g/mol. The standard InChI is InChI=1S/C19H24N4O2S/c1-4-16-20-22(11-17(24)21-9-12(2)7-13(3)10-21)18(25)15-8-14-5-6-26-19(14)23(15)16/h5-6,8,12-13H,4,7,9-11H2,1-3H3/t12-,13+. The van der Waals surface area contributed by atoms with Crippen LogP contribution in [0.2, 0.25) is 0 Å². The van der Waals surface area contributed by atoms with Crippen molar-refractivity contribution in [1.29, 1.82) is 0 Å². The van der Waals surface area contributed by atoms with Crippen LogP contribution in [0.15, 0.2) is 22.3 Å². The van der Waals surface area contributed by atoms with Crippen LogP contribution in [0.25, 0.3) is 15.7 Å². The fraction of sp³-hybridized carbons (Fsp3) is 0.526. The molecule has 26 heavy (non-hydrogen) atoms. The Hall–Kier alpha value is -2.15. The Labute approximate surface area is 156 Å². The minimum atomic E-state index is -0.197. The summed E-state index contributed by atoms with van der Waals surface area (Å²) in [7, 11) is 0. The minimum absolute atomic E-state index is 0.0145. The van der Waals surface area contributed by atoms with Crippen molar-refractivity contribution in [3.05, 3.63) is 33.7 Å². The number of carbonyl (C=O) groups is 1. The number of piperidine rings is 1. The molecule has 0 aliphatic carbocycles. The summed E-state index contributed by atoms with van der Waals surface area (Å²) in [5, 5.41) is 7.59. The third-order valence-electron chi connectivity index (χ3n) is 5.18. The summed E-state index contributed by atoms with van der Waals surface area (Å²) < 4.78 is 3.29. The molecule has 1 aliphatic rings. The fourth-order valence-corrected chi connectivity index (χ4v) is 5.05. The third kappa shape index (κ3) is 2.84. The van der Waals surface area contributed by atoms with Gasteiger partial charge in [-0.15, -0.1) is 11.3 Å². The Balaban J connectivity index is 1.71. The van der Waals surface area contributed by atoms with Gasteiger partial charge in [-0.1, -0.05) is 20.8 Å². The molecule has 4 heterocycles. The first kappa shape index (κ1) is 17.3. The van der Waals surface area contributed by atoms with Crippen molar-refractivity contribution in [1.82, 2.24) is 19.1 Å². The molecule has 2 atom stereocenters. The highest BCUT2D eigenvalue weighted by Gasteiger charge is 2.26. The number of thiophene rings is 1. The molecule has 3 aromatic heterocycles. The number of likely N-dealkylation sites (tertiary alicyclic amines) is 1. The van der Waals surface area contributed by atoms with Gasteiger partial charge in [0.15, 0.2) is 0 Å². The lowest BCUT2D eigenvalue weighted by Crippen LogP contribution is -2.45. The Morgan fingerprint density at radius 2 is 2.04 bits per heavy atom. The van der Waals surface area contributed by atoms with E-state index >= 15 is 0 Å². The van der Waals surface area contributed by atoms with Gasteiger partial charge in [-0.2, -0.15) is 5.10 Å². The molecule has 0 unspecified atom stereocenters. The molecule has 0 aromatic carbocycles. The van der Waals surface area contributed by atoms with Crippen LogP contribution < -0.4 is 5.56 Å². The molecule has 0 N–H and O–H groups in total. The van der Waals surface area contributed by atoms with Crippen LogP contribution in [-0.4, -0.2) is 38.1 Å². The highest BCUT2D eigenvalue weighted by atomic mass is 32.1. The van der Waals surface area contributed by atoms with Crippen molar-refractivity contribution >= 4 is 33.0 Å². The molecule has 0 saturated carbocycles. The van der Waals surface area contributed by atoms with Gasteiger partial charge >= 0.3 is 0 Å². The first-order valence-electron chi connectivity index (χ1n) is 9.24. The molecule has 7 heteroatoms. The maximum atomic E-state index is 12.9. The Bertz CT molecular complexity index is 1020. The second-order valence-corrected chi connectivity index (χ2v) is 8.42. The fourth-order valence-electron chi connectivity index (χ4n) is 4.13. The summed E-state index contributed by atoms with van der Waals surface area (Å²) in [5.41, 5.74) is 0.406. The number of aryl methyl sites for hydroxylation is 1. The summed E-state index contributed by atoms with van der Waals surface area (Å²) in [6.07, 6.45) is 1.85. The van der Waals surface area contributed by atoms with Gasteiger partial charge < -0.3 is 4.90 Å². The predicted molar refractivity (Wildman–Crippen MR) is 104 cm³/mol. The molecule has 0 bridgehead atoms. The normalized spacial score (nSPS) is 21.0. The summed E-state index contributed by atoms with van der Waals surface area (Å²) in [5.74, 6) is 1.79. The zero-order valence-corrected chi connectivity index (χ0v) is 16.3. The van der Waals surface area contributed by atoms with E-state index in [1.165, 1.54) is 4.68 Å². The van der Waals surface area contributed by atoms with E-state index in [0.717, 1.165) is 35.6 Å². The van der Waals surface area contributed by atoms with Crippen molar-refractivity contribution < 1.29 is 4.79 Å². The van der Waals surface area contributed by atoms with Crippen LogP contribution in [0.4, 0.5) is 0 Å². The van der Waals surface area contributed by atoms with Gasteiger partial charge in [0.05, 0.1) is 0 Å². The summed E-state index contributed by atoms with van der Waals surface area (Å²) in [6, 6.07) is 3.92. The van der Waals surface area contributed by atoms with E-state index in [4.69, 9.17) is 0 Å². The number of amides is 1. The summed E-state index contributed by atoms with van der Waals surface area (Å²) in [6.45, 7) is 7.92.